The summed E-state index contributed by atoms with van der Waals surface area (Å²) in [6, 6.07) is 8.26. The minimum absolute atomic E-state index is 0.143. The van der Waals surface area contributed by atoms with Crippen LogP contribution >= 0.6 is 11.8 Å². The molecule has 0 saturated carbocycles. The first-order valence-corrected chi connectivity index (χ1v) is 7.10. The zero-order chi connectivity index (χ0) is 12.7. The highest BCUT2D eigenvalue weighted by Gasteiger charge is 2.17. The molecule has 1 aliphatic rings. The Hall–Kier alpha value is -1.48. The predicted molar refractivity (Wildman–Crippen MR) is 75.9 cm³/mol. The van der Waals surface area contributed by atoms with Crippen LogP contribution in [0.2, 0.25) is 0 Å². The van der Waals surface area contributed by atoms with Crippen molar-refractivity contribution in [3.63, 3.8) is 0 Å². The number of hydrogen-bond acceptors (Lipinski definition) is 2. The van der Waals surface area contributed by atoms with Crippen molar-refractivity contribution in [2.24, 2.45) is 0 Å². The molecule has 0 radical (unpaired) electrons. The number of aromatic nitrogens is 1. The molecule has 2 aromatic rings. The largest absolute Gasteiger partial charge is 0.284 e. The summed E-state index contributed by atoms with van der Waals surface area (Å²) >= 11 is 1.78. The molecule has 0 saturated heterocycles. The molecule has 2 heterocycles. The lowest BCUT2D eigenvalue weighted by Crippen LogP contribution is -2.22. The summed E-state index contributed by atoms with van der Waals surface area (Å²) in [6.45, 7) is 4.12. The monoisotopic (exact) mass is 257 g/mol. The highest BCUT2D eigenvalue weighted by Crippen LogP contribution is 2.28. The molecule has 0 amide bonds. The van der Waals surface area contributed by atoms with Crippen molar-refractivity contribution in [2.75, 3.05) is 5.75 Å². The number of benzene rings is 1. The topological polar surface area (TPSA) is 22.0 Å². The standard InChI is InChI=1S/C15H15NOS/c1-10-3-4-13(11(2)9-10)16-7-5-14-12(15(16)17)6-8-18-14/h3-5,7,9H,6,8H2,1-2H3. The van der Waals surface area contributed by atoms with Crippen LogP contribution in [-0.2, 0) is 6.42 Å². The maximum absolute atomic E-state index is 12.4. The van der Waals surface area contributed by atoms with Crippen LogP contribution < -0.4 is 5.56 Å². The predicted octanol–water partition coefficient (Wildman–Crippen LogP) is 3.10. The lowest BCUT2D eigenvalue weighted by molar-refractivity contribution is 0.917. The fourth-order valence-electron chi connectivity index (χ4n) is 2.46. The van der Waals surface area contributed by atoms with Gasteiger partial charge in [-0.2, -0.15) is 0 Å². The molecule has 1 aromatic carbocycles. The van der Waals surface area contributed by atoms with Gasteiger partial charge in [-0.1, -0.05) is 17.7 Å². The Morgan fingerprint density at radius 2 is 2.06 bits per heavy atom. The van der Waals surface area contributed by atoms with Crippen LogP contribution in [0.1, 0.15) is 16.7 Å². The van der Waals surface area contributed by atoms with Gasteiger partial charge >= 0.3 is 0 Å². The summed E-state index contributed by atoms with van der Waals surface area (Å²) in [7, 11) is 0. The Kier molecular flexibility index (Phi) is 2.78. The van der Waals surface area contributed by atoms with Crippen LogP contribution in [0.5, 0.6) is 0 Å². The SMILES string of the molecule is Cc1ccc(-n2ccc3c(c2=O)CCS3)c(C)c1. The Morgan fingerprint density at radius 1 is 1.22 bits per heavy atom. The van der Waals surface area contributed by atoms with Crippen molar-refractivity contribution in [1.29, 1.82) is 0 Å². The van der Waals surface area contributed by atoms with E-state index in [0.717, 1.165) is 33.9 Å². The first-order chi connectivity index (χ1) is 8.66. The molecule has 18 heavy (non-hydrogen) atoms. The fourth-order valence-corrected chi connectivity index (χ4v) is 3.50. The summed E-state index contributed by atoms with van der Waals surface area (Å²) in [6.07, 6.45) is 2.79. The number of nitrogens with zero attached hydrogens (tertiary/aromatic N) is 1. The number of rotatable bonds is 1. The smallest absolute Gasteiger partial charge is 0.259 e. The number of aryl methyl sites for hydroxylation is 2. The molecule has 0 atom stereocenters. The lowest BCUT2D eigenvalue weighted by atomic mass is 10.1. The molecule has 0 N–H and O–H groups in total. The first-order valence-electron chi connectivity index (χ1n) is 6.12. The Labute approximate surface area is 111 Å². The van der Waals surface area contributed by atoms with Gasteiger partial charge in [-0.15, -0.1) is 11.8 Å². The quantitative estimate of drug-likeness (QED) is 0.783. The maximum atomic E-state index is 12.4. The molecule has 0 fully saturated rings. The van der Waals surface area contributed by atoms with Crippen molar-refractivity contribution in [3.05, 3.63) is 57.5 Å². The zero-order valence-corrected chi connectivity index (χ0v) is 11.4. The molecular weight excluding hydrogens is 242 g/mol. The van der Waals surface area contributed by atoms with E-state index in [0.29, 0.717) is 0 Å². The van der Waals surface area contributed by atoms with Gasteiger partial charge in [0.15, 0.2) is 0 Å². The minimum atomic E-state index is 0.143. The van der Waals surface area contributed by atoms with Gasteiger partial charge in [0.25, 0.3) is 5.56 Å². The van der Waals surface area contributed by atoms with Crippen molar-refractivity contribution < 1.29 is 0 Å². The molecule has 92 valence electrons. The third-order valence-corrected chi connectivity index (χ3v) is 4.47. The molecule has 0 spiro atoms. The van der Waals surface area contributed by atoms with Gasteiger partial charge in [0.2, 0.25) is 0 Å². The van der Waals surface area contributed by atoms with Gasteiger partial charge in [0.1, 0.15) is 0 Å². The van der Waals surface area contributed by atoms with Gasteiger partial charge < -0.3 is 0 Å². The van der Waals surface area contributed by atoms with Crippen LogP contribution in [0.25, 0.3) is 5.69 Å². The Bertz CT molecular complexity index is 673. The zero-order valence-electron chi connectivity index (χ0n) is 10.6. The van der Waals surface area contributed by atoms with Gasteiger partial charge in [-0.25, -0.2) is 0 Å². The molecular formula is C15H15NOS. The second-order valence-corrected chi connectivity index (χ2v) is 5.86. The van der Waals surface area contributed by atoms with Gasteiger partial charge in [-0.3, -0.25) is 9.36 Å². The van der Waals surface area contributed by atoms with E-state index in [1.807, 2.05) is 12.3 Å². The second kappa shape index (κ2) is 4.32. The molecule has 1 aliphatic heterocycles. The van der Waals surface area contributed by atoms with E-state index in [1.54, 1.807) is 16.3 Å². The van der Waals surface area contributed by atoms with Gasteiger partial charge in [0, 0.05) is 22.4 Å². The molecule has 0 bridgehead atoms. The van der Waals surface area contributed by atoms with E-state index < -0.39 is 0 Å². The van der Waals surface area contributed by atoms with E-state index in [2.05, 4.69) is 32.0 Å². The summed E-state index contributed by atoms with van der Waals surface area (Å²) in [5.41, 5.74) is 4.47. The molecule has 3 heteroatoms. The molecule has 2 nitrogen and oxygen atoms in total. The van der Waals surface area contributed by atoms with Crippen LogP contribution in [0.3, 0.4) is 0 Å². The number of fused-ring (bicyclic) bond motifs is 1. The Balaban J connectivity index is 2.21. The summed E-state index contributed by atoms with van der Waals surface area (Å²) in [5.74, 6) is 1.03. The second-order valence-electron chi connectivity index (χ2n) is 4.72. The molecule has 1 aromatic heterocycles. The van der Waals surface area contributed by atoms with Crippen LogP contribution in [-0.4, -0.2) is 10.3 Å². The average Bonchev–Trinajstić information content (AvgIpc) is 2.80. The lowest BCUT2D eigenvalue weighted by Gasteiger charge is -2.11. The van der Waals surface area contributed by atoms with E-state index in [-0.39, 0.29) is 5.56 Å². The van der Waals surface area contributed by atoms with Gasteiger partial charge in [-0.05, 0) is 38.0 Å². The van der Waals surface area contributed by atoms with Crippen LogP contribution in [0.4, 0.5) is 0 Å². The number of pyridine rings is 1. The summed E-state index contributed by atoms with van der Waals surface area (Å²) < 4.78 is 1.78. The van der Waals surface area contributed by atoms with E-state index in [9.17, 15) is 4.79 Å². The van der Waals surface area contributed by atoms with Crippen molar-refractivity contribution in [1.82, 2.24) is 4.57 Å². The van der Waals surface area contributed by atoms with E-state index in [1.165, 1.54) is 5.56 Å². The highest BCUT2D eigenvalue weighted by atomic mass is 32.2. The van der Waals surface area contributed by atoms with E-state index >= 15 is 0 Å². The van der Waals surface area contributed by atoms with Crippen molar-refractivity contribution >= 4 is 11.8 Å². The molecule has 0 unspecified atom stereocenters. The highest BCUT2D eigenvalue weighted by molar-refractivity contribution is 7.99. The molecule has 0 aliphatic carbocycles. The third-order valence-electron chi connectivity index (χ3n) is 3.37. The molecule has 3 rings (SSSR count). The van der Waals surface area contributed by atoms with Crippen LogP contribution in [0, 0.1) is 13.8 Å². The van der Waals surface area contributed by atoms with Crippen LogP contribution in [0.15, 0.2) is 40.2 Å². The fraction of sp³-hybridized carbons (Fsp3) is 0.267. The number of hydrogen-bond donors (Lipinski definition) is 0. The van der Waals surface area contributed by atoms with Crippen molar-refractivity contribution in [3.8, 4) is 5.69 Å². The van der Waals surface area contributed by atoms with E-state index in [4.69, 9.17) is 0 Å². The first kappa shape index (κ1) is 11.6. The maximum Gasteiger partial charge on any atom is 0.259 e. The summed E-state index contributed by atoms with van der Waals surface area (Å²) in [4.78, 5) is 13.6. The number of thioether (sulfide) groups is 1. The normalized spacial score (nSPS) is 13.7. The third kappa shape index (κ3) is 1.79. The van der Waals surface area contributed by atoms with Crippen molar-refractivity contribution in [2.45, 2.75) is 25.2 Å². The Morgan fingerprint density at radius 3 is 2.83 bits per heavy atom. The minimum Gasteiger partial charge on any atom is -0.284 e. The summed E-state index contributed by atoms with van der Waals surface area (Å²) in [5, 5.41) is 0. The average molecular weight is 257 g/mol. The van der Waals surface area contributed by atoms with Gasteiger partial charge in [0.05, 0.1) is 5.69 Å².